The standard InChI is InChI=1S/C17H27FN2O/c1-13(2)7-8-15(20-11-9-19-10-12-20)17-14(18)5-4-6-16(17)21-3/h4-6,13,15,19H,7-12H2,1-3H3/t15-/m0/s1. The van der Waals surface area contributed by atoms with Crippen LogP contribution < -0.4 is 10.1 Å². The molecule has 2 rings (SSSR count). The second-order valence-electron chi connectivity index (χ2n) is 6.13. The van der Waals surface area contributed by atoms with Gasteiger partial charge in [0.05, 0.1) is 7.11 Å². The van der Waals surface area contributed by atoms with Gasteiger partial charge in [-0.15, -0.1) is 0 Å². The van der Waals surface area contributed by atoms with E-state index in [0.29, 0.717) is 11.7 Å². The highest BCUT2D eigenvalue weighted by Crippen LogP contribution is 2.35. The van der Waals surface area contributed by atoms with Gasteiger partial charge in [0.2, 0.25) is 0 Å². The molecule has 0 spiro atoms. The maximum absolute atomic E-state index is 14.4. The van der Waals surface area contributed by atoms with Gasteiger partial charge >= 0.3 is 0 Å². The van der Waals surface area contributed by atoms with Crippen LogP contribution in [0.2, 0.25) is 0 Å². The topological polar surface area (TPSA) is 24.5 Å². The lowest BCUT2D eigenvalue weighted by atomic mass is 9.94. The Labute approximate surface area is 127 Å². The molecule has 0 unspecified atom stereocenters. The molecule has 0 radical (unpaired) electrons. The summed E-state index contributed by atoms with van der Waals surface area (Å²) < 4.78 is 19.9. The SMILES string of the molecule is COc1cccc(F)c1[C@H](CCC(C)C)N1CCNCC1. The monoisotopic (exact) mass is 294 g/mol. The summed E-state index contributed by atoms with van der Waals surface area (Å²) in [5.74, 6) is 1.14. The number of hydrogen-bond acceptors (Lipinski definition) is 3. The van der Waals surface area contributed by atoms with Crippen LogP contribution in [0.15, 0.2) is 18.2 Å². The van der Waals surface area contributed by atoms with Crippen molar-refractivity contribution in [1.82, 2.24) is 10.2 Å². The summed E-state index contributed by atoms with van der Waals surface area (Å²) in [6, 6.07) is 5.23. The Kier molecular flexibility index (Phi) is 6.00. The molecule has 1 aliphatic rings. The van der Waals surface area contributed by atoms with Crippen molar-refractivity contribution in [3.05, 3.63) is 29.6 Å². The summed E-state index contributed by atoms with van der Waals surface area (Å²) in [7, 11) is 1.62. The third-order valence-corrected chi connectivity index (χ3v) is 4.18. The molecule has 1 aromatic rings. The van der Waals surface area contributed by atoms with Crippen molar-refractivity contribution in [2.75, 3.05) is 33.3 Å². The lowest BCUT2D eigenvalue weighted by molar-refractivity contribution is 0.154. The molecule has 1 aromatic carbocycles. The predicted octanol–water partition coefficient (Wildman–Crippen LogP) is 3.22. The Hall–Kier alpha value is -1.13. The fourth-order valence-electron chi connectivity index (χ4n) is 3.01. The van der Waals surface area contributed by atoms with Crippen molar-refractivity contribution in [3.63, 3.8) is 0 Å². The van der Waals surface area contributed by atoms with Gasteiger partial charge in [0, 0.05) is 37.8 Å². The maximum Gasteiger partial charge on any atom is 0.131 e. The van der Waals surface area contributed by atoms with Crippen LogP contribution in [0.5, 0.6) is 5.75 Å². The minimum atomic E-state index is -0.151. The first kappa shape index (κ1) is 16.2. The van der Waals surface area contributed by atoms with Gasteiger partial charge in [-0.25, -0.2) is 4.39 Å². The van der Waals surface area contributed by atoms with Crippen LogP contribution in [-0.4, -0.2) is 38.2 Å². The molecule has 0 aromatic heterocycles. The van der Waals surface area contributed by atoms with Crippen molar-refractivity contribution in [1.29, 1.82) is 0 Å². The average Bonchev–Trinajstić information content (AvgIpc) is 2.49. The van der Waals surface area contributed by atoms with Gasteiger partial charge in [-0.1, -0.05) is 19.9 Å². The van der Waals surface area contributed by atoms with Crippen LogP contribution in [-0.2, 0) is 0 Å². The van der Waals surface area contributed by atoms with E-state index in [2.05, 4.69) is 24.1 Å². The molecule has 0 aliphatic carbocycles. The molecule has 1 aliphatic heterocycles. The first-order valence-electron chi connectivity index (χ1n) is 7.90. The predicted molar refractivity (Wildman–Crippen MR) is 84.2 cm³/mol. The molecule has 1 atom stereocenters. The minimum Gasteiger partial charge on any atom is -0.496 e. The molecule has 1 N–H and O–H groups in total. The van der Waals surface area contributed by atoms with Gasteiger partial charge in [0.1, 0.15) is 11.6 Å². The first-order chi connectivity index (χ1) is 10.1. The van der Waals surface area contributed by atoms with E-state index in [4.69, 9.17) is 4.74 Å². The molecular weight excluding hydrogens is 267 g/mol. The lowest BCUT2D eigenvalue weighted by Gasteiger charge is -2.36. The zero-order valence-electron chi connectivity index (χ0n) is 13.4. The number of halogens is 1. The quantitative estimate of drug-likeness (QED) is 0.872. The summed E-state index contributed by atoms with van der Waals surface area (Å²) in [5.41, 5.74) is 0.725. The van der Waals surface area contributed by atoms with Crippen molar-refractivity contribution in [2.24, 2.45) is 5.92 Å². The molecule has 4 heteroatoms. The van der Waals surface area contributed by atoms with E-state index < -0.39 is 0 Å². The molecule has 0 amide bonds. The number of nitrogens with zero attached hydrogens (tertiary/aromatic N) is 1. The third kappa shape index (κ3) is 4.17. The van der Waals surface area contributed by atoms with Crippen LogP contribution >= 0.6 is 0 Å². The number of hydrogen-bond donors (Lipinski definition) is 1. The van der Waals surface area contributed by atoms with Crippen LogP contribution in [0.3, 0.4) is 0 Å². The number of rotatable bonds is 6. The second-order valence-corrected chi connectivity index (χ2v) is 6.13. The van der Waals surface area contributed by atoms with Crippen molar-refractivity contribution < 1.29 is 9.13 Å². The minimum absolute atomic E-state index is 0.102. The molecule has 118 valence electrons. The molecule has 0 bridgehead atoms. The first-order valence-corrected chi connectivity index (χ1v) is 7.90. The van der Waals surface area contributed by atoms with E-state index in [9.17, 15) is 4.39 Å². The van der Waals surface area contributed by atoms with Crippen LogP contribution in [0.1, 0.15) is 38.3 Å². The molecule has 0 saturated carbocycles. The summed E-state index contributed by atoms with van der Waals surface area (Å²) in [6.07, 6.45) is 2.06. The molecule has 1 fully saturated rings. The van der Waals surface area contributed by atoms with Gasteiger partial charge in [-0.3, -0.25) is 4.90 Å². The Morgan fingerprint density at radius 2 is 1.95 bits per heavy atom. The molecule has 21 heavy (non-hydrogen) atoms. The van der Waals surface area contributed by atoms with Gasteiger partial charge in [-0.05, 0) is 30.9 Å². The zero-order chi connectivity index (χ0) is 15.2. The fourth-order valence-corrected chi connectivity index (χ4v) is 3.01. The number of methoxy groups -OCH3 is 1. The summed E-state index contributed by atoms with van der Waals surface area (Å²) in [6.45, 7) is 8.28. The molecular formula is C17H27FN2O. The Morgan fingerprint density at radius 1 is 1.24 bits per heavy atom. The smallest absolute Gasteiger partial charge is 0.131 e. The van der Waals surface area contributed by atoms with Gasteiger partial charge < -0.3 is 10.1 Å². The number of nitrogens with one attached hydrogen (secondary N) is 1. The normalized spacial score (nSPS) is 18.0. The van der Waals surface area contributed by atoms with E-state index in [1.807, 2.05) is 6.07 Å². The Balaban J connectivity index is 2.29. The van der Waals surface area contributed by atoms with E-state index in [0.717, 1.165) is 44.6 Å². The van der Waals surface area contributed by atoms with Gasteiger partial charge in [-0.2, -0.15) is 0 Å². The highest BCUT2D eigenvalue weighted by atomic mass is 19.1. The number of piperazine rings is 1. The van der Waals surface area contributed by atoms with E-state index in [-0.39, 0.29) is 11.9 Å². The zero-order valence-corrected chi connectivity index (χ0v) is 13.4. The van der Waals surface area contributed by atoms with E-state index in [1.165, 1.54) is 0 Å². The van der Waals surface area contributed by atoms with Crippen molar-refractivity contribution in [2.45, 2.75) is 32.7 Å². The average molecular weight is 294 g/mol. The van der Waals surface area contributed by atoms with Crippen LogP contribution in [0.4, 0.5) is 4.39 Å². The maximum atomic E-state index is 14.4. The largest absolute Gasteiger partial charge is 0.496 e. The molecule has 1 heterocycles. The van der Waals surface area contributed by atoms with Crippen LogP contribution in [0.25, 0.3) is 0 Å². The van der Waals surface area contributed by atoms with Gasteiger partial charge in [0.15, 0.2) is 0 Å². The van der Waals surface area contributed by atoms with E-state index >= 15 is 0 Å². The Bertz CT molecular complexity index is 444. The number of ether oxygens (including phenoxy) is 1. The van der Waals surface area contributed by atoms with E-state index in [1.54, 1.807) is 19.2 Å². The molecule has 1 saturated heterocycles. The van der Waals surface area contributed by atoms with Gasteiger partial charge in [0.25, 0.3) is 0 Å². The number of benzene rings is 1. The van der Waals surface area contributed by atoms with Crippen molar-refractivity contribution >= 4 is 0 Å². The van der Waals surface area contributed by atoms with Crippen molar-refractivity contribution in [3.8, 4) is 5.75 Å². The second kappa shape index (κ2) is 7.76. The highest BCUT2D eigenvalue weighted by Gasteiger charge is 2.27. The van der Waals surface area contributed by atoms with Crippen LogP contribution in [0, 0.1) is 11.7 Å². The lowest BCUT2D eigenvalue weighted by Crippen LogP contribution is -2.45. The third-order valence-electron chi connectivity index (χ3n) is 4.18. The summed E-state index contributed by atoms with van der Waals surface area (Å²) in [5, 5.41) is 3.36. The fraction of sp³-hybridized carbons (Fsp3) is 0.647. The Morgan fingerprint density at radius 3 is 2.57 bits per heavy atom. The molecule has 3 nitrogen and oxygen atoms in total. The summed E-state index contributed by atoms with van der Waals surface area (Å²) >= 11 is 0. The summed E-state index contributed by atoms with van der Waals surface area (Å²) in [4.78, 5) is 2.39. The highest BCUT2D eigenvalue weighted by molar-refractivity contribution is 5.37.